The number of aromatic nitrogens is 4. The van der Waals surface area contributed by atoms with E-state index >= 15 is 0 Å². The van der Waals surface area contributed by atoms with Gasteiger partial charge in [0.05, 0.1) is 11.4 Å². The lowest BCUT2D eigenvalue weighted by Gasteiger charge is -2.28. The summed E-state index contributed by atoms with van der Waals surface area (Å²) in [7, 11) is 0. The highest BCUT2D eigenvalue weighted by atomic mass is 19.3. The molecule has 0 radical (unpaired) electrons. The molecule has 0 N–H and O–H groups in total. The van der Waals surface area contributed by atoms with E-state index < -0.39 is 12.6 Å². The molecule has 0 amide bonds. The molecule has 4 nitrogen and oxygen atoms in total. The molecule has 0 aliphatic heterocycles. The third-order valence-electron chi connectivity index (χ3n) is 4.49. The van der Waals surface area contributed by atoms with Crippen molar-refractivity contribution >= 4 is 0 Å². The molecule has 0 saturated heterocycles. The normalized spacial score (nSPS) is 18.0. The molecule has 0 unspecified atom stereocenters. The first kappa shape index (κ1) is 16.9. The Morgan fingerprint density at radius 3 is 2.38 bits per heavy atom. The van der Waals surface area contributed by atoms with Crippen LogP contribution in [0.25, 0.3) is 5.95 Å². The first-order valence-corrected chi connectivity index (χ1v) is 8.20. The van der Waals surface area contributed by atoms with E-state index in [4.69, 9.17) is 0 Å². The lowest BCUT2D eigenvalue weighted by atomic mass is 9.84. The van der Waals surface area contributed by atoms with Gasteiger partial charge in [-0.15, -0.1) is 0 Å². The summed E-state index contributed by atoms with van der Waals surface area (Å²) in [6, 6.07) is 3.52. The predicted octanol–water partition coefficient (Wildman–Crippen LogP) is 4.12. The second-order valence-corrected chi connectivity index (χ2v) is 6.63. The minimum Gasteiger partial charge on any atom is -0.244 e. The van der Waals surface area contributed by atoms with E-state index in [1.165, 1.54) is 0 Å². The Hall–Kier alpha value is -1.92. The molecule has 3 rings (SSSR count). The fourth-order valence-electron chi connectivity index (χ4n) is 3.24. The quantitative estimate of drug-likeness (QED) is 0.842. The summed E-state index contributed by atoms with van der Waals surface area (Å²) in [6.45, 7) is 3.06. The Kier molecular flexibility index (Phi) is 4.60. The molecule has 0 atom stereocenters. The molecular formula is C17H21F3N4. The number of alkyl halides is 3. The van der Waals surface area contributed by atoms with Gasteiger partial charge in [-0.05, 0) is 51.2 Å². The Bertz CT molecular complexity index is 717. The lowest BCUT2D eigenvalue weighted by molar-refractivity contribution is -0.0457. The molecule has 2 aromatic heterocycles. The van der Waals surface area contributed by atoms with Gasteiger partial charge in [0.15, 0.2) is 0 Å². The van der Waals surface area contributed by atoms with Crippen LogP contribution in [0.5, 0.6) is 0 Å². The SMILES string of the molecule is Cc1cc(C)n(-c2nc(CF)cc(CC3CCC(F)(F)CC3)n2)n1. The van der Waals surface area contributed by atoms with Crippen molar-refractivity contribution in [1.82, 2.24) is 19.7 Å². The molecule has 0 aromatic carbocycles. The number of aryl methyl sites for hydroxylation is 2. The number of nitrogens with zero attached hydrogens (tertiary/aromatic N) is 4. The highest BCUT2D eigenvalue weighted by Crippen LogP contribution is 2.37. The van der Waals surface area contributed by atoms with Crippen LogP contribution in [-0.2, 0) is 13.1 Å². The van der Waals surface area contributed by atoms with Crippen LogP contribution in [-0.4, -0.2) is 25.7 Å². The van der Waals surface area contributed by atoms with Gasteiger partial charge >= 0.3 is 0 Å². The summed E-state index contributed by atoms with van der Waals surface area (Å²) in [5.41, 5.74) is 2.68. The Morgan fingerprint density at radius 2 is 1.79 bits per heavy atom. The van der Waals surface area contributed by atoms with E-state index in [1.54, 1.807) is 10.7 Å². The molecule has 1 saturated carbocycles. The first-order valence-electron chi connectivity index (χ1n) is 8.20. The van der Waals surface area contributed by atoms with E-state index in [-0.39, 0.29) is 18.8 Å². The fourth-order valence-corrected chi connectivity index (χ4v) is 3.24. The van der Waals surface area contributed by atoms with Gasteiger partial charge in [-0.25, -0.2) is 27.8 Å². The van der Waals surface area contributed by atoms with Gasteiger partial charge in [-0.1, -0.05) is 0 Å². The summed E-state index contributed by atoms with van der Waals surface area (Å²) >= 11 is 0. The summed E-state index contributed by atoms with van der Waals surface area (Å²) in [4.78, 5) is 8.70. The number of hydrogen-bond donors (Lipinski definition) is 0. The van der Waals surface area contributed by atoms with Gasteiger partial charge in [0.25, 0.3) is 5.95 Å². The van der Waals surface area contributed by atoms with E-state index in [0.29, 0.717) is 36.6 Å². The molecule has 24 heavy (non-hydrogen) atoms. The van der Waals surface area contributed by atoms with Crippen LogP contribution in [0.3, 0.4) is 0 Å². The standard InChI is InChI=1S/C17H21F3N4/c1-11-7-12(2)24(23-11)16-21-14(9-15(10-18)22-16)8-13-3-5-17(19,20)6-4-13/h7,9,13H,3-6,8,10H2,1-2H3. The zero-order valence-corrected chi connectivity index (χ0v) is 13.9. The van der Waals surface area contributed by atoms with Gasteiger partial charge in [0.1, 0.15) is 6.67 Å². The minimum atomic E-state index is -2.54. The van der Waals surface area contributed by atoms with Gasteiger partial charge in [-0.3, -0.25) is 0 Å². The average Bonchev–Trinajstić information content (AvgIpc) is 2.88. The Balaban J connectivity index is 1.83. The van der Waals surface area contributed by atoms with Gasteiger partial charge in [-0.2, -0.15) is 5.10 Å². The topological polar surface area (TPSA) is 43.6 Å². The van der Waals surface area contributed by atoms with Crippen molar-refractivity contribution in [3.05, 3.63) is 34.9 Å². The van der Waals surface area contributed by atoms with Crippen LogP contribution in [0.2, 0.25) is 0 Å². The minimum absolute atomic E-state index is 0.0803. The lowest BCUT2D eigenvalue weighted by Crippen LogP contribution is -2.25. The molecule has 130 valence electrons. The molecule has 7 heteroatoms. The largest absolute Gasteiger partial charge is 0.251 e. The smallest absolute Gasteiger partial charge is 0.244 e. The zero-order chi connectivity index (χ0) is 17.3. The van der Waals surface area contributed by atoms with Crippen molar-refractivity contribution in [3.63, 3.8) is 0 Å². The molecule has 0 spiro atoms. The highest BCUT2D eigenvalue weighted by molar-refractivity contribution is 5.23. The van der Waals surface area contributed by atoms with Crippen molar-refractivity contribution < 1.29 is 13.2 Å². The molecule has 2 aromatic rings. The second kappa shape index (κ2) is 6.53. The maximum absolute atomic E-state index is 13.3. The molecule has 1 fully saturated rings. The summed E-state index contributed by atoms with van der Waals surface area (Å²) in [5.74, 6) is -2.05. The third-order valence-corrected chi connectivity index (χ3v) is 4.49. The molecule has 1 aliphatic rings. The number of hydrogen-bond acceptors (Lipinski definition) is 3. The maximum atomic E-state index is 13.3. The van der Waals surface area contributed by atoms with Crippen LogP contribution in [0.4, 0.5) is 13.2 Å². The molecule has 1 aliphatic carbocycles. The monoisotopic (exact) mass is 338 g/mol. The van der Waals surface area contributed by atoms with Crippen LogP contribution < -0.4 is 0 Å². The van der Waals surface area contributed by atoms with Crippen molar-refractivity contribution in [2.24, 2.45) is 5.92 Å². The van der Waals surface area contributed by atoms with Crippen molar-refractivity contribution in [1.29, 1.82) is 0 Å². The van der Waals surface area contributed by atoms with Crippen LogP contribution in [0.15, 0.2) is 12.1 Å². The van der Waals surface area contributed by atoms with Gasteiger partial charge in [0, 0.05) is 24.2 Å². The predicted molar refractivity (Wildman–Crippen MR) is 84.0 cm³/mol. The summed E-state index contributed by atoms with van der Waals surface area (Å²) < 4.78 is 41.3. The second-order valence-electron chi connectivity index (χ2n) is 6.63. The maximum Gasteiger partial charge on any atom is 0.251 e. The Labute approximate surface area is 139 Å². The fraction of sp³-hybridized carbons (Fsp3) is 0.588. The molecule has 2 heterocycles. The van der Waals surface area contributed by atoms with Crippen LogP contribution in [0, 0.1) is 19.8 Å². The van der Waals surface area contributed by atoms with Crippen molar-refractivity contribution in [2.45, 2.75) is 58.5 Å². The van der Waals surface area contributed by atoms with Gasteiger partial charge < -0.3 is 0 Å². The van der Waals surface area contributed by atoms with Crippen molar-refractivity contribution in [2.75, 3.05) is 0 Å². The highest BCUT2D eigenvalue weighted by Gasteiger charge is 2.35. The van der Waals surface area contributed by atoms with E-state index in [2.05, 4.69) is 15.1 Å². The molecular weight excluding hydrogens is 317 g/mol. The van der Waals surface area contributed by atoms with Crippen LogP contribution in [0.1, 0.15) is 48.5 Å². The third kappa shape index (κ3) is 3.76. The van der Waals surface area contributed by atoms with Crippen molar-refractivity contribution in [3.8, 4) is 5.95 Å². The van der Waals surface area contributed by atoms with Gasteiger partial charge in [0.2, 0.25) is 5.92 Å². The van der Waals surface area contributed by atoms with Crippen LogP contribution >= 0.6 is 0 Å². The van der Waals surface area contributed by atoms with E-state index in [9.17, 15) is 13.2 Å². The zero-order valence-electron chi connectivity index (χ0n) is 13.9. The summed E-state index contributed by atoms with van der Waals surface area (Å²) in [6.07, 6.45) is 1.35. The molecule has 0 bridgehead atoms. The first-order chi connectivity index (χ1) is 11.4. The van der Waals surface area contributed by atoms with E-state index in [0.717, 1.165) is 11.4 Å². The summed E-state index contributed by atoms with van der Waals surface area (Å²) in [5, 5.41) is 4.33. The number of rotatable bonds is 4. The Morgan fingerprint density at radius 1 is 1.12 bits per heavy atom. The number of halogens is 3. The average molecular weight is 338 g/mol. The van der Waals surface area contributed by atoms with E-state index in [1.807, 2.05) is 19.9 Å².